The molecule has 0 aromatic carbocycles. The second-order valence-electron chi connectivity index (χ2n) is 3.55. The molecule has 0 aliphatic heterocycles. The zero-order chi connectivity index (χ0) is 12.0. The van der Waals surface area contributed by atoms with Gasteiger partial charge in [-0.05, 0) is 19.8 Å². The third kappa shape index (κ3) is 4.55. The number of imidazole rings is 1. The molecule has 92 valence electrons. The van der Waals surface area contributed by atoms with Gasteiger partial charge in [-0.15, -0.1) is 0 Å². The van der Waals surface area contributed by atoms with Gasteiger partial charge in [-0.25, -0.2) is 4.98 Å². The highest BCUT2D eigenvalue weighted by Gasteiger charge is 2.25. The minimum Gasteiger partial charge on any atom is -0.356 e. The molecule has 3 nitrogen and oxygen atoms in total. The summed E-state index contributed by atoms with van der Waals surface area (Å²) in [5.74, 6) is 0.717. The highest BCUT2D eigenvalue weighted by molar-refractivity contribution is 5.25. The predicted molar refractivity (Wildman–Crippen MR) is 56.3 cm³/mol. The first-order valence-corrected chi connectivity index (χ1v) is 5.34. The van der Waals surface area contributed by atoms with Crippen molar-refractivity contribution in [3.05, 3.63) is 12.4 Å². The maximum atomic E-state index is 11.9. The van der Waals surface area contributed by atoms with E-state index in [1.165, 1.54) is 0 Å². The van der Waals surface area contributed by atoms with Crippen molar-refractivity contribution in [3.63, 3.8) is 0 Å². The summed E-state index contributed by atoms with van der Waals surface area (Å²) in [6.07, 6.45) is -0.674. The van der Waals surface area contributed by atoms with Crippen LogP contribution in [0.25, 0.3) is 0 Å². The lowest BCUT2D eigenvalue weighted by Gasteiger charge is -2.09. The molecule has 0 saturated carbocycles. The van der Waals surface area contributed by atoms with Gasteiger partial charge < -0.3 is 9.88 Å². The van der Waals surface area contributed by atoms with Gasteiger partial charge >= 0.3 is 6.18 Å². The summed E-state index contributed by atoms with van der Waals surface area (Å²) in [4.78, 5) is 4.06. The zero-order valence-corrected chi connectivity index (χ0v) is 9.22. The SMILES string of the molecule is CCNc1nccn1CCCCC(F)(F)F. The number of nitrogens with one attached hydrogen (secondary N) is 1. The van der Waals surface area contributed by atoms with Crippen molar-refractivity contribution < 1.29 is 13.2 Å². The van der Waals surface area contributed by atoms with Crippen molar-refractivity contribution in [3.8, 4) is 0 Å². The van der Waals surface area contributed by atoms with E-state index in [1.807, 2.05) is 11.5 Å². The Kier molecular flexibility index (Phi) is 4.64. The normalized spacial score (nSPS) is 11.8. The highest BCUT2D eigenvalue weighted by Crippen LogP contribution is 2.22. The lowest BCUT2D eigenvalue weighted by Crippen LogP contribution is -2.09. The molecule has 1 heterocycles. The first-order valence-electron chi connectivity index (χ1n) is 5.34. The summed E-state index contributed by atoms with van der Waals surface area (Å²) in [6.45, 7) is 3.26. The molecule has 1 rings (SSSR count). The fourth-order valence-corrected chi connectivity index (χ4v) is 1.42. The van der Waals surface area contributed by atoms with Crippen molar-refractivity contribution in [2.75, 3.05) is 11.9 Å². The molecular weight excluding hydrogens is 219 g/mol. The maximum absolute atomic E-state index is 11.9. The molecule has 0 atom stereocenters. The average Bonchev–Trinajstić information content (AvgIpc) is 2.60. The number of alkyl halides is 3. The van der Waals surface area contributed by atoms with Crippen LogP contribution in [0.4, 0.5) is 19.1 Å². The van der Waals surface area contributed by atoms with E-state index in [9.17, 15) is 13.2 Å². The largest absolute Gasteiger partial charge is 0.389 e. The standard InChI is InChI=1S/C10H16F3N3/c1-2-14-9-15-6-8-16(9)7-4-3-5-10(11,12)13/h6,8H,2-5,7H2,1H3,(H,14,15). The lowest BCUT2D eigenvalue weighted by molar-refractivity contribution is -0.135. The molecule has 16 heavy (non-hydrogen) atoms. The van der Waals surface area contributed by atoms with E-state index in [1.54, 1.807) is 12.4 Å². The molecule has 0 spiro atoms. The van der Waals surface area contributed by atoms with Crippen molar-refractivity contribution in [1.29, 1.82) is 0 Å². The van der Waals surface area contributed by atoms with Crippen LogP contribution in [0.3, 0.4) is 0 Å². The van der Waals surface area contributed by atoms with Crippen LogP contribution in [0.5, 0.6) is 0 Å². The molecule has 0 aliphatic rings. The van der Waals surface area contributed by atoms with Gasteiger partial charge in [0.1, 0.15) is 0 Å². The summed E-state index contributed by atoms with van der Waals surface area (Å²) in [5.41, 5.74) is 0. The molecule has 1 aromatic rings. The molecule has 6 heteroatoms. The molecule has 0 unspecified atom stereocenters. The first kappa shape index (κ1) is 12.9. The number of hydrogen-bond donors (Lipinski definition) is 1. The van der Waals surface area contributed by atoms with Gasteiger partial charge in [0, 0.05) is 31.9 Å². The second-order valence-corrected chi connectivity index (χ2v) is 3.55. The van der Waals surface area contributed by atoms with Crippen LogP contribution >= 0.6 is 0 Å². The predicted octanol–water partition coefficient (Wildman–Crippen LogP) is 3.05. The summed E-state index contributed by atoms with van der Waals surface area (Å²) in [7, 11) is 0. The van der Waals surface area contributed by atoms with E-state index in [0.29, 0.717) is 13.0 Å². The number of rotatable bonds is 6. The topological polar surface area (TPSA) is 29.9 Å². The van der Waals surface area contributed by atoms with Gasteiger partial charge in [-0.1, -0.05) is 0 Å². The minimum atomic E-state index is -4.04. The van der Waals surface area contributed by atoms with Crippen LogP contribution in [-0.2, 0) is 6.54 Å². The second kappa shape index (κ2) is 5.77. The van der Waals surface area contributed by atoms with Gasteiger partial charge in [-0.3, -0.25) is 0 Å². The van der Waals surface area contributed by atoms with Crippen LogP contribution in [0, 0.1) is 0 Å². The van der Waals surface area contributed by atoms with Crippen LogP contribution in [0.15, 0.2) is 12.4 Å². The van der Waals surface area contributed by atoms with Crippen LogP contribution in [-0.4, -0.2) is 22.3 Å². The Labute approximate surface area is 92.7 Å². The third-order valence-electron chi connectivity index (χ3n) is 2.16. The molecule has 1 N–H and O–H groups in total. The molecule has 1 aromatic heterocycles. The van der Waals surface area contributed by atoms with Gasteiger partial charge in [0.25, 0.3) is 0 Å². The fourth-order valence-electron chi connectivity index (χ4n) is 1.42. The molecule has 0 radical (unpaired) electrons. The molecule has 0 fully saturated rings. The number of aromatic nitrogens is 2. The van der Waals surface area contributed by atoms with Crippen LogP contribution in [0.2, 0.25) is 0 Å². The molecule has 0 saturated heterocycles. The Hall–Kier alpha value is -1.20. The summed E-state index contributed by atoms with van der Waals surface area (Å²) >= 11 is 0. The minimum absolute atomic E-state index is 0.160. The van der Waals surface area contributed by atoms with E-state index in [2.05, 4.69) is 10.3 Å². The van der Waals surface area contributed by atoms with Gasteiger partial charge in [0.2, 0.25) is 5.95 Å². The number of halogens is 3. The summed E-state index contributed by atoms with van der Waals surface area (Å²) < 4.78 is 37.5. The number of unbranched alkanes of at least 4 members (excludes halogenated alkanes) is 1. The Bertz CT molecular complexity index is 307. The van der Waals surface area contributed by atoms with E-state index >= 15 is 0 Å². The van der Waals surface area contributed by atoms with Crippen LogP contribution < -0.4 is 5.32 Å². The smallest absolute Gasteiger partial charge is 0.356 e. The Morgan fingerprint density at radius 1 is 1.38 bits per heavy atom. The Morgan fingerprint density at radius 2 is 2.12 bits per heavy atom. The number of anilines is 1. The van der Waals surface area contributed by atoms with Crippen molar-refractivity contribution in [2.24, 2.45) is 0 Å². The number of nitrogens with zero attached hydrogens (tertiary/aromatic N) is 2. The maximum Gasteiger partial charge on any atom is 0.389 e. The third-order valence-corrected chi connectivity index (χ3v) is 2.16. The Balaban J connectivity index is 2.29. The van der Waals surface area contributed by atoms with E-state index in [-0.39, 0.29) is 6.42 Å². The monoisotopic (exact) mass is 235 g/mol. The fraction of sp³-hybridized carbons (Fsp3) is 0.700. The first-order chi connectivity index (χ1) is 7.53. The molecule has 0 bridgehead atoms. The van der Waals surface area contributed by atoms with E-state index in [4.69, 9.17) is 0 Å². The van der Waals surface area contributed by atoms with Crippen molar-refractivity contribution in [2.45, 2.75) is 38.9 Å². The number of hydrogen-bond acceptors (Lipinski definition) is 2. The van der Waals surface area contributed by atoms with Gasteiger partial charge in [0.15, 0.2) is 0 Å². The molecular formula is C10H16F3N3. The zero-order valence-electron chi connectivity index (χ0n) is 9.22. The van der Waals surface area contributed by atoms with E-state index < -0.39 is 12.6 Å². The Morgan fingerprint density at radius 3 is 2.75 bits per heavy atom. The van der Waals surface area contributed by atoms with E-state index in [0.717, 1.165) is 12.5 Å². The number of aryl methyl sites for hydroxylation is 1. The lowest BCUT2D eigenvalue weighted by atomic mass is 10.2. The van der Waals surface area contributed by atoms with Crippen molar-refractivity contribution in [1.82, 2.24) is 9.55 Å². The van der Waals surface area contributed by atoms with Gasteiger partial charge in [0.05, 0.1) is 0 Å². The molecule has 0 aliphatic carbocycles. The van der Waals surface area contributed by atoms with Crippen molar-refractivity contribution >= 4 is 5.95 Å². The summed E-state index contributed by atoms with van der Waals surface area (Å²) in [5, 5.41) is 3.04. The quantitative estimate of drug-likeness (QED) is 0.768. The summed E-state index contributed by atoms with van der Waals surface area (Å²) in [6, 6.07) is 0. The molecule has 0 amide bonds. The highest BCUT2D eigenvalue weighted by atomic mass is 19.4. The van der Waals surface area contributed by atoms with Gasteiger partial charge in [-0.2, -0.15) is 13.2 Å². The van der Waals surface area contributed by atoms with Crippen LogP contribution in [0.1, 0.15) is 26.2 Å². The average molecular weight is 235 g/mol.